The van der Waals surface area contributed by atoms with Gasteiger partial charge in [0, 0.05) is 6.04 Å². The number of nitrogens with one attached hydrogen (secondary N) is 2. The molecule has 0 saturated carbocycles. The number of nitrogens with zero attached hydrogens (tertiary/aromatic N) is 1. The average molecular weight is 217 g/mol. The maximum atomic E-state index is 11.3. The monoisotopic (exact) mass is 217 g/mol. The maximum absolute atomic E-state index is 11.3. The fraction of sp³-hybridized carbons (Fsp3) is 0.900. The highest BCUT2D eigenvalue weighted by Crippen LogP contribution is 1.92. The molecule has 5 heteroatoms. The van der Waals surface area contributed by atoms with Crippen molar-refractivity contribution in [2.24, 2.45) is 0 Å². The fourth-order valence-corrected chi connectivity index (χ4v) is 1.06. The zero-order valence-electron chi connectivity index (χ0n) is 10.1. The highest BCUT2D eigenvalue weighted by Gasteiger charge is 2.09. The van der Waals surface area contributed by atoms with Crippen LogP contribution in [0.25, 0.3) is 0 Å². The van der Waals surface area contributed by atoms with Gasteiger partial charge in [0.1, 0.15) is 0 Å². The first-order valence-electron chi connectivity index (χ1n) is 5.28. The Hall–Kier alpha value is -0.810. The first kappa shape index (κ1) is 14.2. The number of urea groups is 1. The number of carbonyl (C=O) groups is 1. The van der Waals surface area contributed by atoms with Crippen molar-refractivity contribution in [3.05, 3.63) is 0 Å². The molecule has 0 bridgehead atoms. The molecule has 90 valence electrons. The molecule has 0 rings (SSSR count). The van der Waals surface area contributed by atoms with Crippen LogP contribution in [0.1, 0.15) is 20.3 Å². The van der Waals surface area contributed by atoms with Crippen LogP contribution in [0.15, 0.2) is 0 Å². The summed E-state index contributed by atoms with van der Waals surface area (Å²) < 4.78 is 0. The van der Waals surface area contributed by atoms with Crippen molar-refractivity contribution >= 4 is 6.03 Å². The van der Waals surface area contributed by atoms with Crippen molar-refractivity contribution < 1.29 is 9.90 Å². The Morgan fingerprint density at radius 3 is 2.27 bits per heavy atom. The predicted molar refractivity (Wildman–Crippen MR) is 60.8 cm³/mol. The van der Waals surface area contributed by atoms with Gasteiger partial charge in [-0.25, -0.2) is 4.79 Å². The van der Waals surface area contributed by atoms with Gasteiger partial charge in [-0.2, -0.15) is 0 Å². The molecule has 0 aliphatic heterocycles. The van der Waals surface area contributed by atoms with E-state index in [-0.39, 0.29) is 24.7 Å². The van der Waals surface area contributed by atoms with Crippen LogP contribution in [-0.4, -0.2) is 55.4 Å². The van der Waals surface area contributed by atoms with Crippen LogP contribution in [0.5, 0.6) is 0 Å². The van der Waals surface area contributed by atoms with Crippen molar-refractivity contribution in [3.63, 3.8) is 0 Å². The molecule has 0 radical (unpaired) electrons. The van der Waals surface area contributed by atoms with Crippen molar-refractivity contribution in [2.75, 3.05) is 27.2 Å². The molecule has 15 heavy (non-hydrogen) atoms. The lowest BCUT2D eigenvalue weighted by Crippen LogP contribution is -2.46. The summed E-state index contributed by atoms with van der Waals surface area (Å²) in [5.74, 6) is 0. The number of hydrogen-bond donors (Lipinski definition) is 3. The number of hydrogen-bond acceptors (Lipinski definition) is 3. The topological polar surface area (TPSA) is 64.6 Å². The van der Waals surface area contributed by atoms with E-state index in [1.54, 1.807) is 6.92 Å². The van der Waals surface area contributed by atoms with E-state index in [2.05, 4.69) is 15.5 Å². The zero-order valence-corrected chi connectivity index (χ0v) is 10.1. The summed E-state index contributed by atoms with van der Waals surface area (Å²) in [5, 5.41) is 14.2. The van der Waals surface area contributed by atoms with Crippen LogP contribution < -0.4 is 10.6 Å². The van der Waals surface area contributed by atoms with Gasteiger partial charge in [0.2, 0.25) is 0 Å². The van der Waals surface area contributed by atoms with Gasteiger partial charge < -0.3 is 20.6 Å². The molecule has 0 aliphatic carbocycles. The van der Waals surface area contributed by atoms with E-state index < -0.39 is 0 Å². The van der Waals surface area contributed by atoms with Crippen LogP contribution in [-0.2, 0) is 0 Å². The quantitative estimate of drug-likeness (QED) is 0.587. The predicted octanol–water partition coefficient (Wildman–Crippen LogP) is 0.00660. The second-order valence-electron chi connectivity index (χ2n) is 4.19. The molecular formula is C10H23N3O2. The molecule has 2 atom stereocenters. The summed E-state index contributed by atoms with van der Waals surface area (Å²) in [6.07, 6.45) is 0.911. The van der Waals surface area contributed by atoms with Gasteiger partial charge in [-0.05, 0) is 40.9 Å². The highest BCUT2D eigenvalue weighted by atomic mass is 16.3. The van der Waals surface area contributed by atoms with E-state index in [4.69, 9.17) is 5.11 Å². The molecule has 0 aromatic carbocycles. The van der Waals surface area contributed by atoms with Crippen molar-refractivity contribution in [3.8, 4) is 0 Å². The molecule has 0 aliphatic rings. The Morgan fingerprint density at radius 1 is 1.27 bits per heavy atom. The van der Waals surface area contributed by atoms with Gasteiger partial charge in [-0.15, -0.1) is 0 Å². The summed E-state index contributed by atoms with van der Waals surface area (Å²) >= 11 is 0. The number of aliphatic hydroxyl groups is 1. The molecule has 0 saturated heterocycles. The number of rotatable bonds is 6. The Bertz CT molecular complexity index is 186. The lowest BCUT2D eigenvalue weighted by atomic mass is 10.2. The van der Waals surface area contributed by atoms with Crippen molar-refractivity contribution in [2.45, 2.75) is 32.4 Å². The highest BCUT2D eigenvalue weighted by molar-refractivity contribution is 5.74. The average Bonchev–Trinajstić information content (AvgIpc) is 2.14. The summed E-state index contributed by atoms with van der Waals surface area (Å²) in [6.45, 7) is 4.62. The fourth-order valence-electron chi connectivity index (χ4n) is 1.06. The third-order valence-electron chi connectivity index (χ3n) is 2.04. The number of aliphatic hydroxyl groups excluding tert-OH is 1. The van der Waals surface area contributed by atoms with Crippen LogP contribution in [0.2, 0.25) is 0 Å². The third kappa shape index (κ3) is 8.20. The Labute approximate surface area is 91.8 Å². The molecule has 3 N–H and O–H groups in total. The molecule has 5 nitrogen and oxygen atoms in total. The first-order chi connectivity index (χ1) is 6.95. The van der Waals surface area contributed by atoms with Gasteiger partial charge in [0.15, 0.2) is 0 Å². The van der Waals surface area contributed by atoms with E-state index in [0.29, 0.717) is 0 Å². The Kier molecular flexibility index (Phi) is 7.07. The normalized spacial score (nSPS) is 14.8. The molecule has 0 fully saturated rings. The standard InChI is InChI=1S/C10H23N3O2/c1-8(5-6-13(3)4)11-10(15)12-9(2)7-14/h8-9,14H,5-7H2,1-4H3,(H2,11,12,15). The lowest BCUT2D eigenvalue weighted by Gasteiger charge is -2.18. The summed E-state index contributed by atoms with van der Waals surface area (Å²) in [4.78, 5) is 13.4. The molecule has 0 aromatic rings. The first-order valence-corrected chi connectivity index (χ1v) is 5.28. The molecule has 2 amide bonds. The van der Waals surface area contributed by atoms with E-state index in [9.17, 15) is 4.79 Å². The smallest absolute Gasteiger partial charge is 0.315 e. The van der Waals surface area contributed by atoms with Gasteiger partial charge in [0.25, 0.3) is 0 Å². The summed E-state index contributed by atoms with van der Waals surface area (Å²) in [7, 11) is 4.00. The van der Waals surface area contributed by atoms with Crippen LogP contribution in [0, 0.1) is 0 Å². The maximum Gasteiger partial charge on any atom is 0.315 e. The molecule has 0 spiro atoms. The van der Waals surface area contributed by atoms with Gasteiger partial charge in [0.05, 0.1) is 12.6 Å². The van der Waals surface area contributed by atoms with E-state index in [1.807, 2.05) is 21.0 Å². The molecular weight excluding hydrogens is 194 g/mol. The van der Waals surface area contributed by atoms with E-state index >= 15 is 0 Å². The van der Waals surface area contributed by atoms with Crippen LogP contribution >= 0.6 is 0 Å². The Balaban J connectivity index is 3.66. The number of carbonyl (C=O) groups excluding carboxylic acids is 1. The van der Waals surface area contributed by atoms with E-state index in [0.717, 1.165) is 13.0 Å². The minimum Gasteiger partial charge on any atom is -0.394 e. The summed E-state index contributed by atoms with van der Waals surface area (Å²) in [5.41, 5.74) is 0. The largest absolute Gasteiger partial charge is 0.394 e. The number of amides is 2. The third-order valence-corrected chi connectivity index (χ3v) is 2.04. The SMILES string of the molecule is CC(CO)NC(=O)NC(C)CCN(C)C. The second-order valence-corrected chi connectivity index (χ2v) is 4.19. The van der Waals surface area contributed by atoms with Crippen molar-refractivity contribution in [1.82, 2.24) is 15.5 Å². The zero-order chi connectivity index (χ0) is 11.8. The van der Waals surface area contributed by atoms with E-state index in [1.165, 1.54) is 0 Å². The molecule has 2 unspecified atom stereocenters. The molecule has 0 aromatic heterocycles. The second kappa shape index (κ2) is 7.48. The Morgan fingerprint density at radius 2 is 1.80 bits per heavy atom. The van der Waals surface area contributed by atoms with Gasteiger partial charge in [-0.1, -0.05) is 0 Å². The minimum atomic E-state index is -0.220. The minimum absolute atomic E-state index is 0.0422. The molecule has 0 heterocycles. The van der Waals surface area contributed by atoms with Crippen LogP contribution in [0.4, 0.5) is 4.79 Å². The van der Waals surface area contributed by atoms with Crippen molar-refractivity contribution in [1.29, 1.82) is 0 Å². The van der Waals surface area contributed by atoms with Crippen LogP contribution in [0.3, 0.4) is 0 Å². The van der Waals surface area contributed by atoms with Gasteiger partial charge in [-0.3, -0.25) is 0 Å². The summed E-state index contributed by atoms with van der Waals surface area (Å²) in [6, 6.07) is -0.285. The van der Waals surface area contributed by atoms with Gasteiger partial charge >= 0.3 is 6.03 Å². The lowest BCUT2D eigenvalue weighted by molar-refractivity contribution is 0.217.